The van der Waals surface area contributed by atoms with Crippen LogP contribution in [0.4, 0.5) is 0 Å². The second-order valence-electron chi connectivity index (χ2n) is 2.41. The highest BCUT2D eigenvalue weighted by Crippen LogP contribution is 1.76. The van der Waals surface area contributed by atoms with Crippen LogP contribution in [0.3, 0.4) is 0 Å². The van der Waals surface area contributed by atoms with Crippen LogP contribution < -0.4 is 0 Å². The molecule has 0 amide bonds. The predicted octanol–water partition coefficient (Wildman–Crippen LogP) is 10.8. The van der Waals surface area contributed by atoms with Crippen molar-refractivity contribution >= 4 is 0 Å². The molecule has 0 saturated carbocycles. The highest BCUT2D eigenvalue weighted by Gasteiger charge is 1.56. The van der Waals surface area contributed by atoms with Gasteiger partial charge in [0.15, 0.2) is 0 Å². The van der Waals surface area contributed by atoms with Crippen LogP contribution in [0.5, 0.6) is 0 Å². The lowest BCUT2D eigenvalue weighted by Crippen LogP contribution is -1.47. The van der Waals surface area contributed by atoms with E-state index in [1.54, 1.807) is 0 Å². The fraction of sp³-hybridized carbons (Fsp3) is 1.00. The molecule has 0 aliphatic heterocycles. The average molecular weight is 327 g/mol. The van der Waals surface area contributed by atoms with Crippen molar-refractivity contribution < 1.29 is 0 Å². The minimum atomic E-state index is 1.25. The van der Waals surface area contributed by atoms with Crippen LogP contribution >= 0.6 is 0 Å². The SMILES string of the molecule is CC.CC.CC.CC.CC.CC.CCC.CCC.CCCC. The van der Waals surface area contributed by atoms with E-state index in [0.29, 0.717) is 0 Å². The smallest absolute Gasteiger partial charge is 0.0564 e. The van der Waals surface area contributed by atoms with Crippen LogP contribution in [0.1, 0.15) is 150 Å². The van der Waals surface area contributed by atoms with Gasteiger partial charge in [-0.25, -0.2) is 0 Å². The second kappa shape index (κ2) is 525. The maximum Gasteiger partial charge on any atom is -0.0564 e. The lowest BCUT2D eigenvalue weighted by atomic mass is 10.4. The molecule has 0 bridgehead atoms. The van der Waals surface area contributed by atoms with E-state index in [-0.39, 0.29) is 0 Å². The van der Waals surface area contributed by atoms with Crippen LogP contribution in [-0.2, 0) is 0 Å². The fourth-order valence-corrected chi connectivity index (χ4v) is 0. The zero-order valence-corrected chi connectivity index (χ0v) is 20.8. The van der Waals surface area contributed by atoms with Crippen LogP contribution in [0.25, 0.3) is 0 Å². The van der Waals surface area contributed by atoms with Gasteiger partial charge in [0.25, 0.3) is 0 Å². The number of unbranched alkanes of at least 4 members (excludes halogenated alkanes) is 1. The highest BCUT2D eigenvalue weighted by atomic mass is 13.6. The molecule has 0 radical (unpaired) electrons. The van der Waals surface area contributed by atoms with E-state index >= 15 is 0 Å². The number of hydrogen-bond donors (Lipinski definition) is 0. The molecular formula is C22H62. The number of hydrogen-bond acceptors (Lipinski definition) is 0. The molecule has 0 saturated heterocycles. The van der Waals surface area contributed by atoms with Gasteiger partial charge in [-0.05, 0) is 0 Å². The molecule has 0 heteroatoms. The molecule has 150 valence electrons. The first-order valence-corrected chi connectivity index (χ1v) is 10.7. The maximum atomic E-state index is 2.18. The van der Waals surface area contributed by atoms with E-state index in [2.05, 4.69) is 41.5 Å². The molecule has 0 nitrogen and oxygen atoms in total. The summed E-state index contributed by atoms with van der Waals surface area (Å²) in [6.07, 6.45) is 5.14. The van der Waals surface area contributed by atoms with Gasteiger partial charge in [-0.2, -0.15) is 0 Å². The Hall–Kier alpha value is 0. The van der Waals surface area contributed by atoms with Crippen LogP contribution in [0, 0.1) is 0 Å². The predicted molar refractivity (Wildman–Crippen MR) is 121 cm³/mol. The van der Waals surface area contributed by atoms with E-state index in [1.165, 1.54) is 25.7 Å². The third kappa shape index (κ3) is 7220. The molecule has 22 heavy (non-hydrogen) atoms. The van der Waals surface area contributed by atoms with Crippen molar-refractivity contribution in [3.05, 3.63) is 0 Å². The minimum absolute atomic E-state index is 1.25. The zero-order valence-electron chi connectivity index (χ0n) is 20.8. The lowest BCUT2D eigenvalue weighted by Gasteiger charge is -1.68. The monoisotopic (exact) mass is 326 g/mol. The summed E-state index contributed by atoms with van der Waals surface area (Å²) in [4.78, 5) is 0. The summed E-state index contributed by atoms with van der Waals surface area (Å²) in [5.41, 5.74) is 0. The summed E-state index contributed by atoms with van der Waals surface area (Å²) in [5.74, 6) is 0. The summed E-state index contributed by atoms with van der Waals surface area (Å²) < 4.78 is 0. The molecule has 0 heterocycles. The van der Waals surface area contributed by atoms with E-state index in [4.69, 9.17) is 0 Å². The Labute approximate surface area is 150 Å². The molecule has 0 aromatic heterocycles. The van der Waals surface area contributed by atoms with E-state index in [1.807, 2.05) is 83.1 Å². The van der Waals surface area contributed by atoms with E-state index < -0.39 is 0 Å². The van der Waals surface area contributed by atoms with Crippen LogP contribution in [0.2, 0.25) is 0 Å². The normalized spacial score (nSPS) is 4.64. The molecule has 0 unspecified atom stereocenters. The minimum Gasteiger partial charge on any atom is -0.0683 e. The van der Waals surface area contributed by atoms with Gasteiger partial charge < -0.3 is 0 Å². The molecule has 0 aromatic rings. The van der Waals surface area contributed by atoms with Gasteiger partial charge >= 0.3 is 0 Å². The Morgan fingerprint density at radius 2 is 0.318 bits per heavy atom. The van der Waals surface area contributed by atoms with Crippen molar-refractivity contribution in [1.82, 2.24) is 0 Å². The number of rotatable bonds is 1. The first kappa shape index (κ1) is 57.4. The molecule has 0 N–H and O–H groups in total. The largest absolute Gasteiger partial charge is 0.0683 e. The van der Waals surface area contributed by atoms with E-state index in [9.17, 15) is 0 Å². The Bertz CT molecular complexity index is 12.0. The molecule has 0 spiro atoms. The van der Waals surface area contributed by atoms with Gasteiger partial charge in [-0.15, -0.1) is 0 Å². The quantitative estimate of drug-likeness (QED) is 0.449. The molecule has 0 rings (SSSR count). The topological polar surface area (TPSA) is 0 Å². The Morgan fingerprint density at radius 3 is 0.318 bits per heavy atom. The molecule has 0 atom stereocenters. The third-order valence-corrected chi connectivity index (χ3v) is 0.500. The molecule has 0 aromatic carbocycles. The summed E-state index contributed by atoms with van der Waals surface area (Å²) in [6, 6.07) is 0. The summed E-state index contributed by atoms with van der Waals surface area (Å²) in [6.45, 7) is 36.9. The van der Waals surface area contributed by atoms with Crippen molar-refractivity contribution in [2.45, 2.75) is 150 Å². The second-order valence-corrected chi connectivity index (χ2v) is 2.41. The molecule has 0 aliphatic carbocycles. The molecule has 0 aliphatic rings. The highest BCUT2D eigenvalue weighted by molar-refractivity contribution is 4.12. The van der Waals surface area contributed by atoms with Crippen LogP contribution in [0.15, 0.2) is 0 Å². The van der Waals surface area contributed by atoms with Crippen molar-refractivity contribution in [1.29, 1.82) is 0 Å². The lowest BCUT2D eigenvalue weighted by molar-refractivity contribution is 0.886. The van der Waals surface area contributed by atoms with Crippen LogP contribution in [-0.4, -0.2) is 0 Å². The van der Waals surface area contributed by atoms with E-state index in [0.717, 1.165) is 0 Å². The summed E-state index contributed by atoms with van der Waals surface area (Å²) >= 11 is 0. The van der Waals surface area contributed by atoms with Gasteiger partial charge in [0.1, 0.15) is 0 Å². The summed E-state index contributed by atoms with van der Waals surface area (Å²) in [7, 11) is 0. The Kier molecular flexibility index (Phi) is 1370. The van der Waals surface area contributed by atoms with Gasteiger partial charge in [0.05, 0.1) is 0 Å². The first-order valence-electron chi connectivity index (χ1n) is 10.7. The average Bonchev–Trinajstić information content (AvgIpc) is 2.66. The van der Waals surface area contributed by atoms with Gasteiger partial charge in [0, 0.05) is 0 Å². The fourth-order valence-electron chi connectivity index (χ4n) is 0. The van der Waals surface area contributed by atoms with Crippen molar-refractivity contribution in [2.24, 2.45) is 0 Å². The van der Waals surface area contributed by atoms with Gasteiger partial charge in [-0.3, -0.25) is 0 Å². The third-order valence-electron chi connectivity index (χ3n) is 0.500. The Morgan fingerprint density at radius 1 is 0.273 bits per heavy atom. The molecular weight excluding hydrogens is 264 g/mol. The standard InChI is InChI=1S/C4H10.2C3H8.6C2H6/c1-3-4-2;2*1-3-2;6*1-2/h3-4H2,1-2H3;2*3H2,1-2H3;6*1-2H3. The van der Waals surface area contributed by atoms with Gasteiger partial charge in [-0.1, -0.05) is 150 Å². The maximum absolute atomic E-state index is 2.18. The summed E-state index contributed by atoms with van der Waals surface area (Å²) in [5, 5.41) is 0. The van der Waals surface area contributed by atoms with Crippen molar-refractivity contribution in [3.63, 3.8) is 0 Å². The molecule has 0 fully saturated rings. The van der Waals surface area contributed by atoms with Crippen molar-refractivity contribution in [3.8, 4) is 0 Å². The zero-order chi connectivity index (χ0) is 20.8. The van der Waals surface area contributed by atoms with Crippen molar-refractivity contribution in [2.75, 3.05) is 0 Å². The first-order chi connectivity index (χ1) is 10.7. The Balaban J connectivity index is -0.0000000126. The van der Waals surface area contributed by atoms with Gasteiger partial charge in [0.2, 0.25) is 0 Å².